The van der Waals surface area contributed by atoms with Crippen LogP contribution < -0.4 is 14.4 Å². The Hall–Kier alpha value is -9.18. The summed E-state index contributed by atoms with van der Waals surface area (Å²) in [5.41, 5.74) is 21.2. The summed E-state index contributed by atoms with van der Waals surface area (Å²) in [4.78, 5) is 2.48. The summed E-state index contributed by atoms with van der Waals surface area (Å²) in [7, 11) is 0. The maximum Gasteiger partial charge on any atom is 0.132 e. The number of nitrogens with zero attached hydrogens (tertiary/aromatic N) is 1. The maximum atomic E-state index is 6.72. The lowest BCUT2D eigenvalue weighted by molar-refractivity contribution is 0.436. The van der Waals surface area contributed by atoms with Crippen LogP contribution in [0.1, 0.15) is 44.5 Å². The average Bonchev–Trinajstić information content (AvgIpc) is 3.90. The monoisotopic (exact) mass is 905 g/mol. The largest absolute Gasteiger partial charge is 0.457 e. The van der Waals surface area contributed by atoms with Gasteiger partial charge in [-0.2, -0.15) is 0 Å². The van der Waals surface area contributed by atoms with E-state index in [1.54, 1.807) is 0 Å². The molecule has 2 heterocycles. The SMILES string of the molecule is c1ccc(-c2cccc(N(c3cccc(-c4ccc5c(c4)C4(c6ccccc6Oc6ccccc64)c4ccccc4-5)c3)c3cccc4c3-c3ccccc3C43c4ccccc4Oc4ccccc43)c2)cc1. The number of hydrogen-bond donors (Lipinski definition) is 0. The fourth-order valence-corrected chi connectivity index (χ4v) is 12.8. The van der Waals surface area contributed by atoms with E-state index in [4.69, 9.17) is 9.47 Å². The van der Waals surface area contributed by atoms with E-state index in [1.165, 1.54) is 50.1 Å². The molecule has 11 aromatic carbocycles. The number of benzene rings is 11. The standard InChI is InChI=1S/C68H43NO2/c1-2-19-44(20-3-1)45-21-16-23-48(41-45)69(61-34-18-33-59-66(61)52-26-5-7-28-54(52)67(59)55-29-8-12-35-62(55)70-63-36-13-9-30-56(63)67)49-24-17-22-46(42-49)47-39-40-51-50-25-4-6-27-53(50)68(60(51)43-47)57-31-10-14-37-64(57)71-65-38-15-11-32-58(65)68/h1-43H. The van der Waals surface area contributed by atoms with Gasteiger partial charge in [0.15, 0.2) is 0 Å². The summed E-state index contributed by atoms with van der Waals surface area (Å²) < 4.78 is 13.4. The molecule has 15 rings (SSSR count). The Morgan fingerprint density at radius 1 is 0.254 bits per heavy atom. The second-order valence-corrected chi connectivity index (χ2v) is 19.0. The van der Waals surface area contributed by atoms with Crippen molar-refractivity contribution in [3.63, 3.8) is 0 Å². The van der Waals surface area contributed by atoms with Crippen LogP contribution >= 0.6 is 0 Å². The van der Waals surface area contributed by atoms with Gasteiger partial charge >= 0.3 is 0 Å². The van der Waals surface area contributed by atoms with E-state index in [1.807, 2.05) is 0 Å². The van der Waals surface area contributed by atoms with Crippen molar-refractivity contribution < 1.29 is 9.47 Å². The first-order chi connectivity index (χ1) is 35.2. The number of hydrogen-bond acceptors (Lipinski definition) is 3. The van der Waals surface area contributed by atoms with Gasteiger partial charge < -0.3 is 14.4 Å². The van der Waals surface area contributed by atoms with Gasteiger partial charge in [-0.15, -0.1) is 0 Å². The molecule has 2 aliphatic carbocycles. The van der Waals surface area contributed by atoms with Gasteiger partial charge in [0, 0.05) is 39.2 Å². The predicted molar refractivity (Wildman–Crippen MR) is 287 cm³/mol. The van der Waals surface area contributed by atoms with Gasteiger partial charge in [0.25, 0.3) is 0 Å². The summed E-state index contributed by atoms with van der Waals surface area (Å²) in [6, 6.07) is 95.2. The minimum absolute atomic E-state index is 0.565. The lowest BCUT2D eigenvalue weighted by atomic mass is 9.66. The Bertz CT molecular complexity index is 3890. The summed E-state index contributed by atoms with van der Waals surface area (Å²) in [5.74, 6) is 3.54. The van der Waals surface area contributed by atoms with Crippen LogP contribution in [0.3, 0.4) is 0 Å². The molecule has 71 heavy (non-hydrogen) atoms. The molecular weight excluding hydrogens is 863 g/mol. The molecule has 332 valence electrons. The number of ether oxygens (including phenoxy) is 2. The van der Waals surface area contributed by atoms with Gasteiger partial charge in [0.1, 0.15) is 23.0 Å². The number of anilines is 3. The van der Waals surface area contributed by atoms with Crippen molar-refractivity contribution in [3.05, 3.63) is 305 Å². The molecule has 0 radical (unpaired) electrons. The quantitative estimate of drug-likeness (QED) is 0.172. The first-order valence-electron chi connectivity index (χ1n) is 24.5. The summed E-state index contributed by atoms with van der Waals surface area (Å²) in [6.45, 7) is 0. The van der Waals surface area contributed by atoms with E-state index in [0.29, 0.717) is 0 Å². The van der Waals surface area contributed by atoms with E-state index in [-0.39, 0.29) is 0 Å². The Morgan fingerprint density at radius 2 is 0.648 bits per heavy atom. The molecule has 0 N–H and O–H groups in total. The predicted octanol–water partition coefficient (Wildman–Crippen LogP) is 17.4. The van der Waals surface area contributed by atoms with Crippen molar-refractivity contribution in [3.8, 4) is 67.5 Å². The third-order valence-corrected chi connectivity index (χ3v) is 15.6. The minimum Gasteiger partial charge on any atom is -0.457 e. The maximum absolute atomic E-state index is 6.72. The van der Waals surface area contributed by atoms with Crippen LogP contribution in [0.25, 0.3) is 44.5 Å². The Morgan fingerprint density at radius 3 is 1.23 bits per heavy atom. The van der Waals surface area contributed by atoms with Crippen molar-refractivity contribution in [2.75, 3.05) is 4.90 Å². The average molecular weight is 906 g/mol. The number of para-hydroxylation sites is 4. The molecule has 0 amide bonds. The summed E-state index contributed by atoms with van der Waals surface area (Å²) in [5, 5.41) is 0. The van der Waals surface area contributed by atoms with Crippen LogP contribution in [-0.4, -0.2) is 0 Å². The van der Waals surface area contributed by atoms with Crippen molar-refractivity contribution in [2.24, 2.45) is 0 Å². The van der Waals surface area contributed by atoms with Crippen molar-refractivity contribution >= 4 is 17.1 Å². The zero-order chi connectivity index (χ0) is 46.7. The lowest BCUT2D eigenvalue weighted by Crippen LogP contribution is -2.32. The van der Waals surface area contributed by atoms with Gasteiger partial charge in [-0.05, 0) is 122 Å². The fraction of sp³-hybridized carbons (Fsp3) is 0.0294. The van der Waals surface area contributed by atoms with Crippen LogP contribution in [0.4, 0.5) is 17.1 Å². The molecule has 0 fully saturated rings. The molecule has 0 aromatic heterocycles. The molecule has 2 aliphatic heterocycles. The van der Waals surface area contributed by atoms with Crippen LogP contribution in [0.15, 0.2) is 261 Å². The molecule has 3 nitrogen and oxygen atoms in total. The molecule has 0 saturated carbocycles. The fourth-order valence-electron chi connectivity index (χ4n) is 12.8. The topological polar surface area (TPSA) is 21.7 Å². The third kappa shape index (κ3) is 5.49. The molecule has 3 heteroatoms. The number of rotatable bonds is 5. The van der Waals surface area contributed by atoms with Gasteiger partial charge in [-0.25, -0.2) is 0 Å². The smallest absolute Gasteiger partial charge is 0.132 e. The normalized spacial score (nSPS) is 14.1. The second kappa shape index (κ2) is 15.2. The van der Waals surface area contributed by atoms with Crippen LogP contribution in [0.2, 0.25) is 0 Å². The first kappa shape index (κ1) is 39.8. The minimum atomic E-state index is -0.605. The van der Waals surface area contributed by atoms with Gasteiger partial charge in [-0.1, -0.05) is 200 Å². The molecule has 0 unspecified atom stereocenters. The molecule has 2 spiro atoms. The van der Waals surface area contributed by atoms with E-state index in [0.717, 1.165) is 79.0 Å². The zero-order valence-corrected chi connectivity index (χ0v) is 38.6. The highest BCUT2D eigenvalue weighted by atomic mass is 16.5. The highest BCUT2D eigenvalue weighted by molar-refractivity contribution is 5.99. The molecule has 0 saturated heterocycles. The molecule has 11 aromatic rings. The van der Waals surface area contributed by atoms with Gasteiger partial charge in [-0.3, -0.25) is 0 Å². The molecule has 4 aliphatic rings. The highest BCUT2D eigenvalue weighted by Crippen LogP contribution is 2.65. The summed E-state index contributed by atoms with van der Waals surface area (Å²) >= 11 is 0. The molecule has 0 bridgehead atoms. The number of fused-ring (bicyclic) bond motifs is 18. The van der Waals surface area contributed by atoms with Gasteiger partial charge in [0.05, 0.1) is 16.5 Å². The van der Waals surface area contributed by atoms with Gasteiger partial charge in [0.2, 0.25) is 0 Å². The van der Waals surface area contributed by atoms with E-state index in [2.05, 4.69) is 266 Å². The lowest BCUT2D eigenvalue weighted by Gasteiger charge is -2.39. The van der Waals surface area contributed by atoms with E-state index < -0.39 is 10.8 Å². The molecular formula is C68H43NO2. The molecule has 0 atom stereocenters. The first-order valence-corrected chi connectivity index (χ1v) is 24.5. The van der Waals surface area contributed by atoms with Crippen LogP contribution in [-0.2, 0) is 10.8 Å². The Labute approximate surface area is 413 Å². The van der Waals surface area contributed by atoms with Crippen LogP contribution in [0, 0.1) is 0 Å². The zero-order valence-electron chi connectivity index (χ0n) is 38.6. The van der Waals surface area contributed by atoms with E-state index in [9.17, 15) is 0 Å². The van der Waals surface area contributed by atoms with Crippen molar-refractivity contribution in [2.45, 2.75) is 10.8 Å². The summed E-state index contributed by atoms with van der Waals surface area (Å²) in [6.07, 6.45) is 0. The van der Waals surface area contributed by atoms with E-state index >= 15 is 0 Å². The Balaban J connectivity index is 0.965. The third-order valence-electron chi connectivity index (χ3n) is 15.6. The Kier molecular flexibility index (Phi) is 8.49. The van der Waals surface area contributed by atoms with Crippen molar-refractivity contribution in [1.82, 2.24) is 0 Å². The van der Waals surface area contributed by atoms with Crippen LogP contribution in [0.5, 0.6) is 23.0 Å². The second-order valence-electron chi connectivity index (χ2n) is 19.0. The highest BCUT2D eigenvalue weighted by Gasteiger charge is 2.53. The van der Waals surface area contributed by atoms with Crippen molar-refractivity contribution in [1.29, 1.82) is 0 Å².